The summed E-state index contributed by atoms with van der Waals surface area (Å²) in [6, 6.07) is 20.0. The van der Waals surface area contributed by atoms with Gasteiger partial charge in [-0.15, -0.1) is 0 Å². The van der Waals surface area contributed by atoms with E-state index in [1.807, 2.05) is 50.2 Å². The van der Waals surface area contributed by atoms with Gasteiger partial charge in [-0.3, -0.25) is 0 Å². The second kappa shape index (κ2) is 6.07. The van der Waals surface area contributed by atoms with Gasteiger partial charge in [0.15, 0.2) is 0 Å². The van der Waals surface area contributed by atoms with Gasteiger partial charge in [0.1, 0.15) is 11.6 Å². The Morgan fingerprint density at radius 3 is 1.23 bits per heavy atom. The van der Waals surface area contributed by atoms with E-state index in [0.29, 0.717) is 11.6 Å². The predicted octanol–water partition coefficient (Wildman–Crippen LogP) is 3.51. The van der Waals surface area contributed by atoms with Crippen molar-refractivity contribution in [3.05, 3.63) is 72.1 Å². The molecule has 0 spiro atoms. The van der Waals surface area contributed by atoms with E-state index in [2.05, 4.69) is 34.5 Å². The molecular weight excluding hydrogens is 324 g/mol. The predicted molar refractivity (Wildman–Crippen MR) is 104 cm³/mol. The lowest BCUT2D eigenvalue weighted by Gasteiger charge is -2.08. The number of nitrogen functional groups attached to an aromatic ring is 2. The molecule has 6 nitrogen and oxygen atoms in total. The number of benzene rings is 2. The molecule has 0 amide bonds. The first-order valence-corrected chi connectivity index (χ1v) is 8.37. The third-order valence-corrected chi connectivity index (χ3v) is 4.28. The Kier molecular flexibility index (Phi) is 3.73. The fourth-order valence-electron chi connectivity index (χ4n) is 3.04. The zero-order chi connectivity index (χ0) is 18.3. The summed E-state index contributed by atoms with van der Waals surface area (Å²) in [7, 11) is 0. The fourth-order valence-corrected chi connectivity index (χ4v) is 3.04. The molecule has 2 aromatic heterocycles. The number of nitrogens with two attached hydrogens (primary N) is 2. The van der Waals surface area contributed by atoms with Gasteiger partial charge >= 0.3 is 0 Å². The highest BCUT2D eigenvalue weighted by Gasteiger charge is 2.07. The molecule has 26 heavy (non-hydrogen) atoms. The summed E-state index contributed by atoms with van der Waals surface area (Å²) < 4.78 is 3.48. The zero-order valence-corrected chi connectivity index (χ0v) is 14.7. The fraction of sp³-hybridized carbons (Fsp3) is 0.100. The first kappa shape index (κ1) is 16.0. The summed E-state index contributed by atoms with van der Waals surface area (Å²) in [4.78, 5) is 0. The molecule has 6 heteroatoms. The summed E-state index contributed by atoms with van der Waals surface area (Å²) in [6.07, 6.45) is 0. The highest BCUT2D eigenvalue weighted by atomic mass is 15.3. The van der Waals surface area contributed by atoms with Gasteiger partial charge < -0.3 is 11.5 Å². The minimum Gasteiger partial charge on any atom is -0.384 e. The van der Waals surface area contributed by atoms with Crippen molar-refractivity contribution in [1.82, 2.24) is 19.6 Å². The zero-order valence-electron chi connectivity index (χ0n) is 14.7. The molecule has 2 heterocycles. The van der Waals surface area contributed by atoms with E-state index in [1.54, 1.807) is 9.36 Å². The Morgan fingerprint density at radius 1 is 0.615 bits per heavy atom. The van der Waals surface area contributed by atoms with Crippen LogP contribution in [-0.2, 0) is 0 Å². The molecule has 0 aliphatic rings. The van der Waals surface area contributed by atoms with Crippen molar-refractivity contribution < 1.29 is 0 Å². The lowest BCUT2D eigenvalue weighted by atomic mass is 10.1. The van der Waals surface area contributed by atoms with Crippen LogP contribution in [0.1, 0.15) is 11.4 Å². The maximum absolute atomic E-state index is 5.99. The topological polar surface area (TPSA) is 87.7 Å². The lowest BCUT2D eigenvalue weighted by Crippen LogP contribution is -2.02. The van der Waals surface area contributed by atoms with E-state index in [4.69, 9.17) is 11.5 Å². The van der Waals surface area contributed by atoms with Crippen LogP contribution in [0, 0.1) is 13.8 Å². The molecule has 130 valence electrons. The second-order valence-electron chi connectivity index (χ2n) is 6.34. The Bertz CT molecular complexity index is 967. The molecule has 0 unspecified atom stereocenters. The Labute approximate surface area is 151 Å². The summed E-state index contributed by atoms with van der Waals surface area (Å²) in [5.41, 5.74) is 17.9. The first-order valence-electron chi connectivity index (χ1n) is 8.37. The van der Waals surface area contributed by atoms with Crippen molar-refractivity contribution in [2.24, 2.45) is 0 Å². The molecule has 0 atom stereocenters. The van der Waals surface area contributed by atoms with Gasteiger partial charge in [-0.1, -0.05) is 24.3 Å². The molecule has 0 radical (unpaired) electrons. The van der Waals surface area contributed by atoms with Crippen LogP contribution in [0.3, 0.4) is 0 Å². The van der Waals surface area contributed by atoms with Gasteiger partial charge in [-0.05, 0) is 49.2 Å². The monoisotopic (exact) mass is 344 g/mol. The highest BCUT2D eigenvalue weighted by Crippen LogP contribution is 2.24. The van der Waals surface area contributed by atoms with Crippen molar-refractivity contribution >= 4 is 11.6 Å². The van der Waals surface area contributed by atoms with E-state index in [9.17, 15) is 0 Å². The molecular formula is C20H20N6. The minimum atomic E-state index is 0.631. The van der Waals surface area contributed by atoms with Gasteiger partial charge in [-0.2, -0.15) is 10.2 Å². The number of hydrogen-bond acceptors (Lipinski definition) is 4. The largest absolute Gasteiger partial charge is 0.384 e. The number of anilines is 2. The Hall–Kier alpha value is -3.54. The quantitative estimate of drug-likeness (QED) is 0.595. The second-order valence-corrected chi connectivity index (χ2v) is 6.34. The molecule has 4 rings (SSSR count). The van der Waals surface area contributed by atoms with Crippen LogP contribution >= 0.6 is 0 Å². The smallest absolute Gasteiger partial charge is 0.127 e. The SMILES string of the molecule is Cc1cc(N)n(-c2ccc(-c3ccc(-n4nc(C)cc4N)cc3)cc2)n1. The van der Waals surface area contributed by atoms with Crippen molar-refractivity contribution in [3.63, 3.8) is 0 Å². The van der Waals surface area contributed by atoms with Crippen LogP contribution in [0.2, 0.25) is 0 Å². The summed E-state index contributed by atoms with van der Waals surface area (Å²) in [5, 5.41) is 8.82. The summed E-state index contributed by atoms with van der Waals surface area (Å²) in [6.45, 7) is 3.85. The molecule has 4 N–H and O–H groups in total. The molecule has 0 fully saturated rings. The van der Waals surface area contributed by atoms with E-state index in [0.717, 1.165) is 33.9 Å². The number of aryl methyl sites for hydroxylation is 2. The molecule has 2 aromatic carbocycles. The van der Waals surface area contributed by atoms with Gasteiger partial charge in [0.2, 0.25) is 0 Å². The summed E-state index contributed by atoms with van der Waals surface area (Å²) >= 11 is 0. The van der Waals surface area contributed by atoms with Gasteiger partial charge in [0.25, 0.3) is 0 Å². The van der Waals surface area contributed by atoms with E-state index >= 15 is 0 Å². The Balaban J connectivity index is 1.62. The maximum Gasteiger partial charge on any atom is 0.127 e. The third kappa shape index (κ3) is 2.82. The lowest BCUT2D eigenvalue weighted by molar-refractivity contribution is 0.871. The van der Waals surface area contributed by atoms with Crippen LogP contribution < -0.4 is 11.5 Å². The number of aromatic nitrogens is 4. The van der Waals surface area contributed by atoms with E-state index in [1.165, 1.54) is 0 Å². The van der Waals surface area contributed by atoms with E-state index < -0.39 is 0 Å². The maximum atomic E-state index is 5.99. The molecule has 0 saturated carbocycles. The average molecular weight is 344 g/mol. The van der Waals surface area contributed by atoms with Crippen molar-refractivity contribution in [3.8, 4) is 22.5 Å². The van der Waals surface area contributed by atoms with Crippen LogP contribution in [0.5, 0.6) is 0 Å². The van der Waals surface area contributed by atoms with E-state index in [-0.39, 0.29) is 0 Å². The van der Waals surface area contributed by atoms with Crippen molar-refractivity contribution in [1.29, 1.82) is 0 Å². The van der Waals surface area contributed by atoms with Crippen molar-refractivity contribution in [2.75, 3.05) is 11.5 Å². The van der Waals surface area contributed by atoms with Crippen LogP contribution in [0.25, 0.3) is 22.5 Å². The minimum absolute atomic E-state index is 0.631. The molecule has 4 aromatic rings. The first-order chi connectivity index (χ1) is 12.5. The normalized spacial score (nSPS) is 11.0. The number of hydrogen-bond donors (Lipinski definition) is 2. The van der Waals surface area contributed by atoms with Crippen LogP contribution in [0.15, 0.2) is 60.7 Å². The molecule has 0 saturated heterocycles. The number of nitrogens with zero attached hydrogens (tertiary/aromatic N) is 4. The average Bonchev–Trinajstić information content (AvgIpc) is 3.15. The molecule has 0 aliphatic carbocycles. The molecule has 0 aliphatic heterocycles. The standard InChI is InChI=1S/C20H20N6/c1-13-11-19(21)25(23-13)17-7-3-15(4-8-17)16-5-9-18(10-6-16)26-20(22)12-14(2)24-26/h3-12H,21-22H2,1-2H3. The van der Waals surface area contributed by atoms with Gasteiger partial charge in [0, 0.05) is 12.1 Å². The van der Waals surface area contributed by atoms with Crippen LogP contribution in [0.4, 0.5) is 11.6 Å². The third-order valence-electron chi connectivity index (χ3n) is 4.28. The van der Waals surface area contributed by atoms with Gasteiger partial charge in [-0.25, -0.2) is 9.36 Å². The highest BCUT2D eigenvalue weighted by molar-refractivity contribution is 5.66. The Morgan fingerprint density at radius 2 is 0.962 bits per heavy atom. The summed E-state index contributed by atoms with van der Waals surface area (Å²) in [5.74, 6) is 1.26. The van der Waals surface area contributed by atoms with Gasteiger partial charge in [0.05, 0.1) is 22.8 Å². The van der Waals surface area contributed by atoms with Crippen LogP contribution in [-0.4, -0.2) is 19.6 Å². The molecule has 0 bridgehead atoms. The van der Waals surface area contributed by atoms with Crippen molar-refractivity contribution in [2.45, 2.75) is 13.8 Å². The number of rotatable bonds is 3.